The molecule has 0 unspecified atom stereocenters. The average Bonchev–Trinajstić information content (AvgIpc) is 2.88. The van der Waals surface area contributed by atoms with Gasteiger partial charge in [0.05, 0.1) is 0 Å². The Kier molecular flexibility index (Phi) is 3.63. The molecule has 3 rings (SSSR count). The Morgan fingerprint density at radius 1 is 1.40 bits per heavy atom. The van der Waals surface area contributed by atoms with Gasteiger partial charge in [0.2, 0.25) is 5.95 Å². The summed E-state index contributed by atoms with van der Waals surface area (Å²) in [5, 5.41) is 11.5. The fourth-order valence-corrected chi connectivity index (χ4v) is 2.75. The lowest BCUT2D eigenvalue weighted by Crippen LogP contribution is -2.49. The van der Waals surface area contributed by atoms with Crippen molar-refractivity contribution in [3.63, 3.8) is 0 Å². The molecule has 0 spiro atoms. The first kappa shape index (κ1) is 13.4. The van der Waals surface area contributed by atoms with Crippen LogP contribution >= 0.6 is 11.6 Å². The van der Waals surface area contributed by atoms with Crippen molar-refractivity contribution in [2.75, 3.05) is 24.5 Å². The zero-order valence-corrected chi connectivity index (χ0v) is 12.4. The Morgan fingerprint density at radius 2 is 2.25 bits per heavy atom. The summed E-state index contributed by atoms with van der Waals surface area (Å²) in [7, 11) is 0. The molecule has 5 nitrogen and oxygen atoms in total. The predicted octanol–water partition coefficient (Wildman–Crippen LogP) is 2.23. The quantitative estimate of drug-likeness (QED) is 0.891. The summed E-state index contributed by atoms with van der Waals surface area (Å²) in [6.07, 6.45) is 0. The number of hydrogen-bond acceptors (Lipinski definition) is 4. The van der Waals surface area contributed by atoms with Crippen LogP contribution in [0, 0.1) is 6.92 Å². The van der Waals surface area contributed by atoms with Crippen LogP contribution in [0.1, 0.15) is 12.5 Å². The summed E-state index contributed by atoms with van der Waals surface area (Å²) in [6.45, 7) is 7.02. The first-order valence-corrected chi connectivity index (χ1v) is 7.18. The molecule has 2 N–H and O–H groups in total. The molecule has 2 heterocycles. The highest BCUT2D eigenvalue weighted by Crippen LogP contribution is 2.24. The van der Waals surface area contributed by atoms with Crippen molar-refractivity contribution in [2.45, 2.75) is 19.9 Å². The number of aromatic amines is 1. The summed E-state index contributed by atoms with van der Waals surface area (Å²) >= 11 is 5.99. The Hall–Kier alpha value is -1.59. The maximum Gasteiger partial charge on any atom is 0.245 e. The molecule has 1 aromatic carbocycles. The van der Waals surface area contributed by atoms with Crippen molar-refractivity contribution < 1.29 is 0 Å². The van der Waals surface area contributed by atoms with Crippen LogP contribution < -0.4 is 10.2 Å². The number of nitrogens with one attached hydrogen (secondary N) is 2. The van der Waals surface area contributed by atoms with Gasteiger partial charge in [0, 0.05) is 36.3 Å². The minimum Gasteiger partial charge on any atom is -0.337 e. The lowest BCUT2D eigenvalue weighted by molar-refractivity contribution is 0.480. The SMILES string of the molecule is Cc1cc(Cl)ccc1-c1nc(N2CCN[C@@H](C)C2)n[nH]1. The number of hydrogen-bond donors (Lipinski definition) is 2. The van der Waals surface area contributed by atoms with Gasteiger partial charge < -0.3 is 10.2 Å². The first-order valence-electron chi connectivity index (χ1n) is 6.81. The van der Waals surface area contributed by atoms with E-state index in [1.165, 1.54) is 0 Å². The van der Waals surface area contributed by atoms with Gasteiger partial charge in [0.25, 0.3) is 0 Å². The van der Waals surface area contributed by atoms with Gasteiger partial charge in [-0.15, -0.1) is 5.10 Å². The number of nitrogens with zero attached hydrogens (tertiary/aromatic N) is 3. The Morgan fingerprint density at radius 3 is 3.00 bits per heavy atom. The first-order chi connectivity index (χ1) is 9.63. The van der Waals surface area contributed by atoms with Crippen LogP contribution in [-0.4, -0.2) is 40.9 Å². The molecule has 1 aromatic heterocycles. The molecule has 1 fully saturated rings. The molecule has 20 heavy (non-hydrogen) atoms. The number of halogens is 1. The van der Waals surface area contributed by atoms with E-state index in [0.717, 1.165) is 47.6 Å². The van der Waals surface area contributed by atoms with E-state index in [0.29, 0.717) is 6.04 Å². The van der Waals surface area contributed by atoms with Crippen LogP contribution in [0.25, 0.3) is 11.4 Å². The molecule has 0 radical (unpaired) electrons. The number of benzene rings is 1. The standard InChI is InChI=1S/C14H18ClN5/c1-9-7-11(15)3-4-12(9)13-17-14(19-18-13)20-6-5-16-10(2)8-20/h3-4,7,10,16H,5-6,8H2,1-2H3,(H,17,18,19)/t10-/m0/s1. The second-order valence-electron chi connectivity index (χ2n) is 5.24. The molecule has 1 aliphatic rings. The summed E-state index contributed by atoms with van der Waals surface area (Å²) in [6, 6.07) is 6.25. The number of aryl methyl sites for hydroxylation is 1. The van der Waals surface area contributed by atoms with E-state index in [1.807, 2.05) is 25.1 Å². The van der Waals surface area contributed by atoms with Gasteiger partial charge in [0.15, 0.2) is 5.82 Å². The number of aromatic nitrogens is 3. The number of rotatable bonds is 2. The Bertz CT molecular complexity index is 609. The summed E-state index contributed by atoms with van der Waals surface area (Å²) in [5.74, 6) is 1.56. The Labute approximate surface area is 123 Å². The third-order valence-electron chi connectivity index (χ3n) is 3.57. The fraction of sp³-hybridized carbons (Fsp3) is 0.429. The highest BCUT2D eigenvalue weighted by atomic mass is 35.5. The van der Waals surface area contributed by atoms with E-state index >= 15 is 0 Å². The van der Waals surface area contributed by atoms with Crippen molar-refractivity contribution >= 4 is 17.5 Å². The van der Waals surface area contributed by atoms with Crippen molar-refractivity contribution in [1.29, 1.82) is 0 Å². The fourth-order valence-electron chi connectivity index (χ4n) is 2.52. The largest absolute Gasteiger partial charge is 0.337 e. The summed E-state index contributed by atoms with van der Waals surface area (Å²) in [4.78, 5) is 6.82. The topological polar surface area (TPSA) is 56.8 Å². The van der Waals surface area contributed by atoms with Gasteiger partial charge >= 0.3 is 0 Å². The average molecular weight is 292 g/mol. The van der Waals surface area contributed by atoms with Gasteiger partial charge in [-0.2, -0.15) is 4.98 Å². The van der Waals surface area contributed by atoms with Gasteiger partial charge in [-0.25, -0.2) is 0 Å². The second kappa shape index (κ2) is 5.42. The van der Waals surface area contributed by atoms with E-state index < -0.39 is 0 Å². The molecular formula is C14H18ClN5. The van der Waals surface area contributed by atoms with Gasteiger partial charge in [-0.3, -0.25) is 5.10 Å². The second-order valence-corrected chi connectivity index (χ2v) is 5.68. The minimum absolute atomic E-state index is 0.461. The van der Waals surface area contributed by atoms with Crippen molar-refractivity contribution in [3.8, 4) is 11.4 Å². The van der Waals surface area contributed by atoms with Crippen LogP contribution in [0.15, 0.2) is 18.2 Å². The number of anilines is 1. The molecule has 0 amide bonds. The molecular weight excluding hydrogens is 274 g/mol. The highest BCUT2D eigenvalue weighted by molar-refractivity contribution is 6.30. The van der Waals surface area contributed by atoms with Crippen LogP contribution in [0.4, 0.5) is 5.95 Å². The van der Waals surface area contributed by atoms with Crippen LogP contribution in [-0.2, 0) is 0 Å². The molecule has 0 aliphatic carbocycles. The molecule has 0 bridgehead atoms. The minimum atomic E-state index is 0.461. The smallest absolute Gasteiger partial charge is 0.245 e. The molecule has 6 heteroatoms. The van der Waals surface area contributed by atoms with Crippen molar-refractivity contribution in [3.05, 3.63) is 28.8 Å². The zero-order valence-electron chi connectivity index (χ0n) is 11.7. The molecule has 1 aliphatic heterocycles. The number of piperazine rings is 1. The molecule has 1 atom stereocenters. The third kappa shape index (κ3) is 2.64. The highest BCUT2D eigenvalue weighted by Gasteiger charge is 2.19. The number of H-pyrrole nitrogens is 1. The van der Waals surface area contributed by atoms with E-state index in [1.54, 1.807) is 0 Å². The summed E-state index contributed by atoms with van der Waals surface area (Å²) in [5.41, 5.74) is 2.13. The van der Waals surface area contributed by atoms with E-state index in [4.69, 9.17) is 11.6 Å². The normalized spacial score (nSPS) is 19.4. The van der Waals surface area contributed by atoms with E-state index in [9.17, 15) is 0 Å². The van der Waals surface area contributed by atoms with Crippen LogP contribution in [0.3, 0.4) is 0 Å². The predicted molar refractivity (Wildman–Crippen MR) is 81.2 cm³/mol. The van der Waals surface area contributed by atoms with Crippen LogP contribution in [0.5, 0.6) is 0 Å². The van der Waals surface area contributed by atoms with Crippen LogP contribution in [0.2, 0.25) is 5.02 Å². The molecule has 2 aromatic rings. The van der Waals surface area contributed by atoms with Gasteiger partial charge in [0.1, 0.15) is 0 Å². The van der Waals surface area contributed by atoms with Gasteiger partial charge in [-0.1, -0.05) is 11.6 Å². The molecule has 106 valence electrons. The zero-order chi connectivity index (χ0) is 14.1. The van der Waals surface area contributed by atoms with Crippen molar-refractivity contribution in [1.82, 2.24) is 20.5 Å². The van der Waals surface area contributed by atoms with Gasteiger partial charge in [-0.05, 0) is 37.6 Å². The van der Waals surface area contributed by atoms with E-state index in [-0.39, 0.29) is 0 Å². The maximum absolute atomic E-state index is 5.99. The van der Waals surface area contributed by atoms with Crippen molar-refractivity contribution in [2.24, 2.45) is 0 Å². The summed E-state index contributed by atoms with van der Waals surface area (Å²) < 4.78 is 0. The maximum atomic E-state index is 5.99. The Balaban J connectivity index is 1.86. The monoisotopic (exact) mass is 291 g/mol. The third-order valence-corrected chi connectivity index (χ3v) is 3.80. The lowest BCUT2D eigenvalue weighted by Gasteiger charge is -2.30. The molecule has 1 saturated heterocycles. The van der Waals surface area contributed by atoms with E-state index in [2.05, 4.69) is 32.3 Å². The lowest BCUT2D eigenvalue weighted by atomic mass is 10.1. The molecule has 0 saturated carbocycles.